The van der Waals surface area contributed by atoms with Crippen molar-refractivity contribution in [3.05, 3.63) is 23.8 Å². The molecule has 122 valence electrons. The second kappa shape index (κ2) is 5.85. The largest absolute Gasteiger partial charge is 0.423 e. The second-order valence-electron chi connectivity index (χ2n) is 6.47. The summed E-state index contributed by atoms with van der Waals surface area (Å²) < 4.78 is 5.86. The summed E-state index contributed by atoms with van der Waals surface area (Å²) in [4.78, 5) is 21.2. The van der Waals surface area contributed by atoms with Crippen LogP contribution in [0, 0.1) is 12.8 Å². The fraction of sp³-hybridized carbons (Fsp3) is 0.529. The average molecular weight is 314 g/mol. The predicted molar refractivity (Wildman–Crippen MR) is 88.5 cm³/mol. The highest BCUT2D eigenvalue weighted by atomic mass is 16.4. The predicted octanol–water partition coefficient (Wildman–Crippen LogP) is 1.39. The minimum absolute atomic E-state index is 0.161. The Labute approximate surface area is 135 Å². The van der Waals surface area contributed by atoms with Crippen LogP contribution in [0.4, 0.5) is 6.01 Å². The first-order valence-electron chi connectivity index (χ1n) is 8.32. The molecule has 2 aliphatic heterocycles. The molecule has 1 aromatic carbocycles. The van der Waals surface area contributed by atoms with Crippen molar-refractivity contribution < 1.29 is 9.21 Å². The molecule has 2 aliphatic rings. The summed E-state index contributed by atoms with van der Waals surface area (Å²) in [5, 5.41) is 3.26. The van der Waals surface area contributed by atoms with Gasteiger partial charge in [-0.05, 0) is 37.6 Å². The summed E-state index contributed by atoms with van der Waals surface area (Å²) in [6, 6.07) is 6.70. The first-order valence-corrected chi connectivity index (χ1v) is 8.32. The van der Waals surface area contributed by atoms with Gasteiger partial charge in [-0.1, -0.05) is 6.07 Å². The molecule has 2 aromatic rings. The van der Waals surface area contributed by atoms with Gasteiger partial charge < -0.3 is 19.5 Å². The van der Waals surface area contributed by atoms with E-state index in [-0.39, 0.29) is 5.92 Å². The molecule has 1 unspecified atom stereocenters. The molecule has 2 fully saturated rings. The van der Waals surface area contributed by atoms with Crippen molar-refractivity contribution in [1.29, 1.82) is 0 Å². The van der Waals surface area contributed by atoms with E-state index in [1.165, 1.54) is 5.56 Å². The zero-order chi connectivity index (χ0) is 15.8. The van der Waals surface area contributed by atoms with Crippen molar-refractivity contribution in [1.82, 2.24) is 15.2 Å². The summed E-state index contributed by atoms with van der Waals surface area (Å²) in [5.41, 5.74) is 2.90. The van der Waals surface area contributed by atoms with Crippen LogP contribution >= 0.6 is 0 Å². The van der Waals surface area contributed by atoms with Gasteiger partial charge in [-0.2, -0.15) is 4.98 Å². The average Bonchev–Trinajstić information content (AvgIpc) is 3.23. The number of carbonyl (C=O) groups excluding carboxylic acids is 1. The Morgan fingerprint density at radius 2 is 2.13 bits per heavy atom. The van der Waals surface area contributed by atoms with E-state index in [9.17, 15) is 4.79 Å². The monoisotopic (exact) mass is 314 g/mol. The van der Waals surface area contributed by atoms with Crippen LogP contribution in [0.3, 0.4) is 0 Å². The van der Waals surface area contributed by atoms with Gasteiger partial charge in [0.2, 0.25) is 5.91 Å². The maximum absolute atomic E-state index is 12.5. The molecule has 0 bridgehead atoms. The van der Waals surface area contributed by atoms with Crippen molar-refractivity contribution in [3.63, 3.8) is 0 Å². The summed E-state index contributed by atoms with van der Waals surface area (Å²) >= 11 is 0. The number of fused-ring (bicyclic) bond motifs is 1. The highest BCUT2D eigenvalue weighted by Crippen LogP contribution is 2.24. The highest BCUT2D eigenvalue weighted by molar-refractivity contribution is 5.80. The van der Waals surface area contributed by atoms with Crippen LogP contribution in [0.15, 0.2) is 22.6 Å². The topological polar surface area (TPSA) is 61.6 Å². The molecule has 23 heavy (non-hydrogen) atoms. The smallest absolute Gasteiger partial charge is 0.298 e. The summed E-state index contributed by atoms with van der Waals surface area (Å²) in [5.74, 6) is 0.455. The van der Waals surface area contributed by atoms with Gasteiger partial charge in [0, 0.05) is 32.7 Å². The van der Waals surface area contributed by atoms with E-state index in [1.807, 2.05) is 23.1 Å². The number of aryl methyl sites for hydroxylation is 1. The van der Waals surface area contributed by atoms with E-state index in [0.29, 0.717) is 11.9 Å². The lowest BCUT2D eigenvalue weighted by Crippen LogP contribution is -2.50. The SMILES string of the molecule is Cc1ccc2oc(N3CCN(C(=O)C4CCNC4)CC3)nc2c1. The number of anilines is 1. The molecule has 0 saturated carbocycles. The molecule has 3 heterocycles. The van der Waals surface area contributed by atoms with Gasteiger partial charge in [0.1, 0.15) is 5.52 Å². The van der Waals surface area contributed by atoms with E-state index >= 15 is 0 Å². The van der Waals surface area contributed by atoms with E-state index < -0.39 is 0 Å². The minimum atomic E-state index is 0.161. The Hall–Kier alpha value is -2.08. The normalized spacial score (nSPS) is 22.0. The molecular formula is C17H22N4O2. The number of carbonyl (C=O) groups is 1. The lowest BCUT2D eigenvalue weighted by atomic mass is 10.1. The van der Waals surface area contributed by atoms with Crippen LogP contribution in [-0.4, -0.2) is 55.1 Å². The van der Waals surface area contributed by atoms with E-state index in [4.69, 9.17) is 4.42 Å². The third-order valence-electron chi connectivity index (χ3n) is 4.80. The molecule has 0 radical (unpaired) electrons. The zero-order valence-corrected chi connectivity index (χ0v) is 13.4. The second-order valence-corrected chi connectivity index (χ2v) is 6.47. The molecule has 1 amide bonds. The zero-order valence-electron chi connectivity index (χ0n) is 13.4. The summed E-state index contributed by atoms with van der Waals surface area (Å²) in [6.07, 6.45) is 0.962. The third kappa shape index (κ3) is 2.79. The number of oxazole rings is 1. The molecule has 1 atom stereocenters. The van der Waals surface area contributed by atoms with Crippen molar-refractivity contribution in [2.45, 2.75) is 13.3 Å². The Bertz CT molecular complexity index is 712. The molecule has 6 heteroatoms. The molecule has 0 spiro atoms. The fourth-order valence-electron chi connectivity index (χ4n) is 3.40. The maximum atomic E-state index is 12.5. The van der Waals surface area contributed by atoms with E-state index in [0.717, 1.165) is 56.8 Å². The van der Waals surface area contributed by atoms with Gasteiger partial charge in [0.25, 0.3) is 6.01 Å². The Morgan fingerprint density at radius 3 is 2.87 bits per heavy atom. The van der Waals surface area contributed by atoms with Crippen LogP contribution in [0.25, 0.3) is 11.1 Å². The number of aromatic nitrogens is 1. The van der Waals surface area contributed by atoms with Gasteiger partial charge in [0.05, 0.1) is 5.92 Å². The lowest BCUT2D eigenvalue weighted by molar-refractivity contribution is -0.135. The Balaban J connectivity index is 1.43. The first-order chi connectivity index (χ1) is 11.2. The van der Waals surface area contributed by atoms with Crippen molar-refractivity contribution in [3.8, 4) is 0 Å². The van der Waals surface area contributed by atoms with E-state index in [1.54, 1.807) is 0 Å². The maximum Gasteiger partial charge on any atom is 0.298 e. The van der Waals surface area contributed by atoms with Crippen LogP contribution in [0.1, 0.15) is 12.0 Å². The Morgan fingerprint density at radius 1 is 1.30 bits per heavy atom. The first kappa shape index (κ1) is 14.5. The Kier molecular flexibility index (Phi) is 3.69. The quantitative estimate of drug-likeness (QED) is 0.908. The number of benzene rings is 1. The molecule has 6 nitrogen and oxygen atoms in total. The van der Waals surface area contributed by atoms with Crippen LogP contribution in [0.5, 0.6) is 0 Å². The molecule has 1 aromatic heterocycles. The number of hydrogen-bond acceptors (Lipinski definition) is 5. The van der Waals surface area contributed by atoms with Crippen LogP contribution in [-0.2, 0) is 4.79 Å². The van der Waals surface area contributed by atoms with Gasteiger partial charge in [-0.25, -0.2) is 0 Å². The molecule has 4 rings (SSSR count). The van der Waals surface area contributed by atoms with Crippen molar-refractivity contribution in [2.75, 3.05) is 44.2 Å². The number of amides is 1. The van der Waals surface area contributed by atoms with Crippen molar-refractivity contribution in [2.24, 2.45) is 5.92 Å². The van der Waals surface area contributed by atoms with Crippen molar-refractivity contribution >= 4 is 23.0 Å². The van der Waals surface area contributed by atoms with Crippen LogP contribution in [0.2, 0.25) is 0 Å². The fourth-order valence-corrected chi connectivity index (χ4v) is 3.40. The molecular weight excluding hydrogens is 292 g/mol. The highest BCUT2D eigenvalue weighted by Gasteiger charge is 2.30. The standard InChI is InChI=1S/C17H22N4O2/c1-12-2-3-15-14(10-12)19-17(23-15)21-8-6-20(7-9-21)16(22)13-4-5-18-11-13/h2-3,10,13,18H,4-9,11H2,1H3. The third-order valence-corrected chi connectivity index (χ3v) is 4.80. The van der Waals surface area contributed by atoms with Gasteiger partial charge >= 0.3 is 0 Å². The lowest BCUT2D eigenvalue weighted by Gasteiger charge is -2.35. The molecule has 0 aliphatic carbocycles. The number of nitrogens with one attached hydrogen (secondary N) is 1. The minimum Gasteiger partial charge on any atom is -0.423 e. The number of hydrogen-bond donors (Lipinski definition) is 1. The summed E-state index contributed by atoms with van der Waals surface area (Å²) in [7, 11) is 0. The van der Waals surface area contributed by atoms with Gasteiger partial charge in [-0.15, -0.1) is 0 Å². The summed E-state index contributed by atoms with van der Waals surface area (Å²) in [6.45, 7) is 6.87. The number of rotatable bonds is 2. The molecule has 1 N–H and O–H groups in total. The van der Waals surface area contributed by atoms with Gasteiger partial charge in [-0.3, -0.25) is 4.79 Å². The van der Waals surface area contributed by atoms with E-state index in [2.05, 4.69) is 22.1 Å². The molecule has 2 saturated heterocycles. The van der Waals surface area contributed by atoms with Gasteiger partial charge in [0.15, 0.2) is 5.58 Å². The van der Waals surface area contributed by atoms with Crippen LogP contribution < -0.4 is 10.2 Å². The number of nitrogens with zero attached hydrogens (tertiary/aromatic N) is 3. The number of piperazine rings is 1.